The van der Waals surface area contributed by atoms with Crippen LogP contribution in [0.25, 0.3) is 0 Å². The Hall–Kier alpha value is -5.14. The average molecular weight is 713 g/mol. The highest BCUT2D eigenvalue weighted by atomic mass is 16.6. The van der Waals surface area contributed by atoms with Crippen LogP contribution in [0, 0.1) is 17.3 Å². The Balaban J connectivity index is 2.51. The van der Waals surface area contributed by atoms with Gasteiger partial charge in [0.1, 0.15) is 6.10 Å². The first-order chi connectivity index (χ1) is 23.6. The molecule has 1 aromatic carbocycles. The first kappa shape index (κ1) is 40.3. The standard InChI is InChI=1S/C37H44O14/c1-19-16-17-35(8,9)32(44)30(49-34(45)26-14-12-11-13-15-26)29(47-22(4)39)20(2)28(46-21(3)38)27-33(48-23(5)40)36(10,50-24(6)41)18-37(27,31(19)43)51-25(7)42/h11-17,19,27-30,33H,2,18H2,1,3-10H3/b17-16-/t19-,27+,28+,29+,30-,33-,36-,37-/m1/s1. The van der Waals surface area contributed by atoms with Crippen molar-refractivity contribution < 1.29 is 66.8 Å². The molecule has 0 aliphatic heterocycles. The lowest BCUT2D eigenvalue weighted by atomic mass is 9.72. The number of Topliss-reactive ketones (excluding diaryl/α,β-unsaturated/α-hetero) is 2. The highest BCUT2D eigenvalue weighted by Gasteiger charge is 2.72. The van der Waals surface area contributed by atoms with Crippen LogP contribution in [-0.2, 0) is 62.0 Å². The summed E-state index contributed by atoms with van der Waals surface area (Å²) < 4.78 is 34.5. The summed E-state index contributed by atoms with van der Waals surface area (Å²) >= 11 is 0. The molecule has 1 saturated carbocycles. The lowest BCUT2D eigenvalue weighted by molar-refractivity contribution is -0.190. The van der Waals surface area contributed by atoms with Crippen molar-refractivity contribution in [2.45, 2.75) is 104 Å². The van der Waals surface area contributed by atoms with E-state index in [1.54, 1.807) is 18.2 Å². The summed E-state index contributed by atoms with van der Waals surface area (Å²) in [5, 5.41) is 0. The van der Waals surface area contributed by atoms with Gasteiger partial charge in [-0.25, -0.2) is 4.79 Å². The monoisotopic (exact) mass is 712 g/mol. The van der Waals surface area contributed by atoms with Gasteiger partial charge in [0.2, 0.25) is 6.10 Å². The number of fused-ring (bicyclic) bond motifs is 1. The summed E-state index contributed by atoms with van der Waals surface area (Å²) in [6.07, 6.45) is -5.23. The molecule has 0 spiro atoms. The highest BCUT2D eigenvalue weighted by molar-refractivity contribution is 5.97. The van der Waals surface area contributed by atoms with Gasteiger partial charge in [-0.15, -0.1) is 0 Å². The summed E-state index contributed by atoms with van der Waals surface area (Å²) in [6.45, 7) is 15.0. The highest BCUT2D eigenvalue weighted by Crippen LogP contribution is 2.54. The summed E-state index contributed by atoms with van der Waals surface area (Å²) in [5.74, 6) is -10.2. The average Bonchev–Trinajstić information content (AvgIpc) is 3.24. The van der Waals surface area contributed by atoms with Crippen LogP contribution in [0.2, 0.25) is 0 Å². The molecule has 0 saturated heterocycles. The molecule has 0 heterocycles. The van der Waals surface area contributed by atoms with E-state index in [2.05, 4.69) is 6.58 Å². The molecule has 0 bridgehead atoms. The Bertz CT molecular complexity index is 1640. The largest absolute Gasteiger partial charge is 0.458 e. The number of hydrogen-bond acceptors (Lipinski definition) is 14. The van der Waals surface area contributed by atoms with Crippen molar-refractivity contribution in [2.24, 2.45) is 17.3 Å². The Labute approximate surface area is 295 Å². The third-order valence-electron chi connectivity index (χ3n) is 8.76. The van der Waals surface area contributed by atoms with Gasteiger partial charge >= 0.3 is 35.8 Å². The minimum absolute atomic E-state index is 0.0458. The molecule has 2 aliphatic rings. The quantitative estimate of drug-likeness (QED) is 0.226. The van der Waals surface area contributed by atoms with Gasteiger partial charge in [0, 0.05) is 57.9 Å². The second-order valence-electron chi connectivity index (χ2n) is 13.5. The fraction of sp³-hybridized carbons (Fsp3) is 0.514. The van der Waals surface area contributed by atoms with Crippen LogP contribution in [0.3, 0.4) is 0 Å². The third-order valence-corrected chi connectivity index (χ3v) is 8.76. The number of ketones is 2. The van der Waals surface area contributed by atoms with E-state index in [1.807, 2.05) is 0 Å². The molecular formula is C37H44O14. The molecule has 0 unspecified atom stereocenters. The minimum atomic E-state index is -2.37. The van der Waals surface area contributed by atoms with Crippen LogP contribution in [0.15, 0.2) is 54.6 Å². The maximum absolute atomic E-state index is 14.7. The van der Waals surface area contributed by atoms with E-state index < -0.39 is 112 Å². The fourth-order valence-electron chi connectivity index (χ4n) is 6.78. The van der Waals surface area contributed by atoms with Crippen molar-refractivity contribution in [3.05, 3.63) is 60.2 Å². The van der Waals surface area contributed by atoms with Crippen molar-refractivity contribution in [1.82, 2.24) is 0 Å². The van der Waals surface area contributed by atoms with Crippen LogP contribution in [-0.4, -0.2) is 83.0 Å². The zero-order valence-electron chi connectivity index (χ0n) is 30.1. The summed E-state index contributed by atoms with van der Waals surface area (Å²) in [7, 11) is 0. The van der Waals surface area contributed by atoms with Gasteiger partial charge in [0.15, 0.2) is 35.0 Å². The number of rotatable bonds is 7. The Morgan fingerprint density at radius 1 is 0.686 bits per heavy atom. The SMILES string of the molecule is C=C1[C@H](OC(C)=O)[C@H]2[C@@H](OC(C)=O)[C@](C)(OC(C)=O)C[C@]2(OC(C)=O)C(=O)[C@H](C)/C=C\C(C)(C)C(=O)[C@H](OC(=O)c2ccccc2)[C@H]1OC(C)=O. The molecule has 14 nitrogen and oxygen atoms in total. The zero-order valence-corrected chi connectivity index (χ0v) is 30.1. The van der Waals surface area contributed by atoms with Crippen LogP contribution < -0.4 is 0 Å². The number of carbonyl (C=O) groups is 8. The predicted molar refractivity (Wildman–Crippen MR) is 176 cm³/mol. The number of carbonyl (C=O) groups excluding carboxylic acids is 8. The molecular weight excluding hydrogens is 668 g/mol. The van der Waals surface area contributed by atoms with Gasteiger partial charge in [0.05, 0.1) is 11.5 Å². The van der Waals surface area contributed by atoms with E-state index in [-0.39, 0.29) is 5.56 Å². The number of benzene rings is 1. The molecule has 51 heavy (non-hydrogen) atoms. The number of hydrogen-bond donors (Lipinski definition) is 0. The van der Waals surface area contributed by atoms with Crippen LogP contribution >= 0.6 is 0 Å². The topological polar surface area (TPSA) is 192 Å². The first-order valence-corrected chi connectivity index (χ1v) is 16.2. The predicted octanol–water partition coefficient (Wildman–Crippen LogP) is 3.58. The normalized spacial score (nSPS) is 31.0. The first-order valence-electron chi connectivity index (χ1n) is 16.2. The van der Waals surface area contributed by atoms with Crippen molar-refractivity contribution in [1.29, 1.82) is 0 Å². The maximum atomic E-state index is 14.7. The lowest BCUT2D eigenvalue weighted by Gasteiger charge is -2.42. The molecule has 3 rings (SSSR count). The summed E-state index contributed by atoms with van der Waals surface area (Å²) in [4.78, 5) is 106. The van der Waals surface area contributed by atoms with Gasteiger partial charge in [-0.2, -0.15) is 0 Å². The second kappa shape index (κ2) is 15.4. The van der Waals surface area contributed by atoms with Crippen molar-refractivity contribution in [2.75, 3.05) is 0 Å². The number of esters is 6. The van der Waals surface area contributed by atoms with Gasteiger partial charge in [-0.3, -0.25) is 33.6 Å². The third kappa shape index (κ3) is 8.78. The van der Waals surface area contributed by atoms with E-state index in [1.165, 1.54) is 52.0 Å². The van der Waals surface area contributed by atoms with E-state index in [9.17, 15) is 38.4 Å². The van der Waals surface area contributed by atoms with Gasteiger partial charge < -0.3 is 28.4 Å². The van der Waals surface area contributed by atoms with Crippen molar-refractivity contribution in [3.63, 3.8) is 0 Å². The van der Waals surface area contributed by atoms with Gasteiger partial charge in [-0.05, 0) is 32.9 Å². The van der Waals surface area contributed by atoms with E-state index in [0.29, 0.717) is 0 Å². The van der Waals surface area contributed by atoms with Crippen LogP contribution in [0.4, 0.5) is 0 Å². The minimum Gasteiger partial charge on any atom is -0.458 e. The second-order valence-corrected chi connectivity index (χ2v) is 13.5. The maximum Gasteiger partial charge on any atom is 0.338 e. The van der Waals surface area contributed by atoms with Gasteiger partial charge in [-0.1, -0.05) is 43.9 Å². The molecule has 8 atom stereocenters. The molecule has 2 aliphatic carbocycles. The number of ether oxygens (including phenoxy) is 6. The molecule has 0 radical (unpaired) electrons. The molecule has 14 heteroatoms. The Kier molecular flexibility index (Phi) is 12.2. The number of allylic oxidation sites excluding steroid dienone is 2. The molecule has 0 amide bonds. The smallest absolute Gasteiger partial charge is 0.338 e. The zero-order chi connectivity index (χ0) is 38.6. The molecule has 1 fully saturated rings. The summed E-state index contributed by atoms with van der Waals surface area (Å²) in [5.41, 5.74) is -6.15. The molecule has 1 aromatic rings. The fourth-order valence-corrected chi connectivity index (χ4v) is 6.78. The Morgan fingerprint density at radius 3 is 1.73 bits per heavy atom. The van der Waals surface area contributed by atoms with Crippen molar-refractivity contribution >= 4 is 47.4 Å². The van der Waals surface area contributed by atoms with Gasteiger partial charge in [0.25, 0.3) is 0 Å². The summed E-state index contributed by atoms with van der Waals surface area (Å²) in [6, 6.07) is 7.65. The molecule has 0 aromatic heterocycles. The van der Waals surface area contributed by atoms with Crippen LogP contribution in [0.1, 0.15) is 79.1 Å². The van der Waals surface area contributed by atoms with Crippen molar-refractivity contribution in [3.8, 4) is 0 Å². The molecule has 276 valence electrons. The lowest BCUT2D eigenvalue weighted by Crippen LogP contribution is -2.58. The van der Waals surface area contributed by atoms with E-state index in [4.69, 9.17) is 28.4 Å². The van der Waals surface area contributed by atoms with Crippen LogP contribution in [0.5, 0.6) is 0 Å². The van der Waals surface area contributed by atoms with E-state index in [0.717, 1.165) is 34.6 Å². The molecule has 0 N–H and O–H groups in total. The Morgan fingerprint density at radius 2 is 1.22 bits per heavy atom. The van der Waals surface area contributed by atoms with E-state index >= 15 is 0 Å².